The molecule has 126 valence electrons. The topological polar surface area (TPSA) is 105 Å². The van der Waals surface area contributed by atoms with Crippen LogP contribution < -0.4 is 5.63 Å². The zero-order valence-corrected chi connectivity index (χ0v) is 14.0. The molecular weight excluding hydrogens is 356 g/mol. The summed E-state index contributed by atoms with van der Waals surface area (Å²) < 4.78 is 34.3. The smallest absolute Gasteiger partial charge is 0.336 e. The first-order valence-electron chi connectivity index (χ1n) is 6.63. The first-order chi connectivity index (χ1) is 11.2. The largest absolute Gasteiger partial charge is 0.508 e. The number of aromatic hydroxyl groups is 1. The molecule has 0 aliphatic heterocycles. The van der Waals surface area contributed by atoms with Crippen LogP contribution in [-0.4, -0.2) is 18.1 Å². The van der Waals surface area contributed by atoms with E-state index in [1.165, 1.54) is 36.4 Å². The van der Waals surface area contributed by atoms with E-state index >= 15 is 0 Å². The molecule has 2 N–H and O–H groups in total. The Balaban J connectivity index is 0.000000177. The van der Waals surface area contributed by atoms with E-state index in [4.69, 9.17) is 25.7 Å². The Labute approximate surface area is 142 Å². The molecule has 1 heterocycles. The molecule has 1 aromatic heterocycles. The Kier molecular flexibility index (Phi) is 5.28. The van der Waals surface area contributed by atoms with Gasteiger partial charge in [0.05, 0.1) is 4.90 Å². The number of halogens is 1. The SMILES string of the molecule is Cc1cc(=O)oc2cc(O)ccc12.O=S(=O)(O)c1ccc(Cl)cc1. The van der Waals surface area contributed by atoms with E-state index in [9.17, 15) is 13.2 Å². The minimum Gasteiger partial charge on any atom is -0.508 e. The number of phenolic OH excluding ortho intramolecular Hbond substituents is 1. The molecule has 0 unspecified atom stereocenters. The van der Waals surface area contributed by atoms with Crippen molar-refractivity contribution in [3.63, 3.8) is 0 Å². The van der Waals surface area contributed by atoms with Gasteiger partial charge in [-0.05, 0) is 48.9 Å². The van der Waals surface area contributed by atoms with E-state index in [1.807, 2.05) is 6.92 Å². The van der Waals surface area contributed by atoms with Crippen LogP contribution >= 0.6 is 11.6 Å². The standard InChI is InChI=1S/C10H8O3.C6H5ClO3S/c1-6-4-10(12)13-9-5-7(11)2-3-8(6)9;7-5-1-3-6(4-2-5)11(8,9)10/h2-5,11H,1H3;1-4H,(H,8,9,10). The summed E-state index contributed by atoms with van der Waals surface area (Å²) in [7, 11) is -4.08. The molecule has 0 radical (unpaired) electrons. The van der Waals surface area contributed by atoms with E-state index in [0.29, 0.717) is 10.6 Å². The molecule has 3 aromatic rings. The van der Waals surface area contributed by atoms with Gasteiger partial charge in [0.25, 0.3) is 10.1 Å². The third-order valence-electron chi connectivity index (χ3n) is 3.05. The first-order valence-corrected chi connectivity index (χ1v) is 8.45. The lowest BCUT2D eigenvalue weighted by Crippen LogP contribution is -1.97. The van der Waals surface area contributed by atoms with Gasteiger partial charge in [0.1, 0.15) is 11.3 Å². The molecule has 0 fully saturated rings. The predicted molar refractivity (Wildman–Crippen MR) is 90.2 cm³/mol. The summed E-state index contributed by atoms with van der Waals surface area (Å²) in [6, 6.07) is 11.4. The van der Waals surface area contributed by atoms with Gasteiger partial charge < -0.3 is 9.52 Å². The van der Waals surface area contributed by atoms with Crippen LogP contribution in [0.15, 0.2) is 62.6 Å². The van der Waals surface area contributed by atoms with Crippen LogP contribution in [0, 0.1) is 6.92 Å². The highest BCUT2D eigenvalue weighted by Crippen LogP contribution is 2.20. The van der Waals surface area contributed by atoms with Gasteiger partial charge in [-0.1, -0.05) is 11.6 Å². The van der Waals surface area contributed by atoms with Gasteiger partial charge in [-0.25, -0.2) is 4.79 Å². The summed E-state index contributed by atoms with van der Waals surface area (Å²) in [5, 5.41) is 10.4. The molecule has 6 nitrogen and oxygen atoms in total. The van der Waals surface area contributed by atoms with Crippen molar-refractivity contribution in [2.75, 3.05) is 0 Å². The molecule has 2 aromatic carbocycles. The van der Waals surface area contributed by atoms with Crippen LogP contribution in [0.25, 0.3) is 11.0 Å². The van der Waals surface area contributed by atoms with Crippen molar-refractivity contribution in [3.8, 4) is 5.75 Å². The highest BCUT2D eigenvalue weighted by molar-refractivity contribution is 7.85. The van der Waals surface area contributed by atoms with Crippen LogP contribution in [-0.2, 0) is 10.1 Å². The maximum Gasteiger partial charge on any atom is 0.336 e. The third-order valence-corrected chi connectivity index (χ3v) is 4.17. The Morgan fingerprint density at radius 2 is 1.67 bits per heavy atom. The van der Waals surface area contributed by atoms with Crippen molar-refractivity contribution in [2.24, 2.45) is 0 Å². The zero-order valence-electron chi connectivity index (χ0n) is 12.4. The lowest BCUT2D eigenvalue weighted by Gasteiger charge is -1.99. The Morgan fingerprint density at radius 1 is 1.04 bits per heavy atom. The average Bonchev–Trinajstić information content (AvgIpc) is 2.46. The number of rotatable bonds is 1. The van der Waals surface area contributed by atoms with Gasteiger partial charge in [0.15, 0.2) is 0 Å². The molecule has 0 aliphatic rings. The maximum atomic E-state index is 11.0. The molecule has 0 aliphatic carbocycles. The van der Waals surface area contributed by atoms with Gasteiger partial charge in [-0.3, -0.25) is 4.55 Å². The van der Waals surface area contributed by atoms with E-state index in [0.717, 1.165) is 10.9 Å². The van der Waals surface area contributed by atoms with Gasteiger partial charge in [0.2, 0.25) is 0 Å². The number of fused-ring (bicyclic) bond motifs is 1. The number of aryl methyl sites for hydroxylation is 1. The van der Waals surface area contributed by atoms with Crippen LogP contribution in [0.2, 0.25) is 5.02 Å². The van der Waals surface area contributed by atoms with Crippen molar-refractivity contribution in [2.45, 2.75) is 11.8 Å². The summed E-state index contributed by atoms with van der Waals surface area (Å²) in [6.07, 6.45) is 0. The molecule has 8 heteroatoms. The molecule has 0 atom stereocenters. The van der Waals surface area contributed by atoms with Crippen molar-refractivity contribution < 1.29 is 22.5 Å². The van der Waals surface area contributed by atoms with Gasteiger partial charge in [-0.2, -0.15) is 8.42 Å². The summed E-state index contributed by atoms with van der Waals surface area (Å²) in [4.78, 5) is 10.8. The molecule has 3 rings (SSSR count). The molecular formula is C16H13ClO6S. The second-order valence-electron chi connectivity index (χ2n) is 4.86. The molecule has 24 heavy (non-hydrogen) atoms. The fourth-order valence-corrected chi connectivity index (χ4v) is 2.53. The fraction of sp³-hybridized carbons (Fsp3) is 0.0625. The van der Waals surface area contributed by atoms with Crippen LogP contribution in [0.4, 0.5) is 0 Å². The lowest BCUT2D eigenvalue weighted by atomic mass is 10.1. The maximum absolute atomic E-state index is 11.0. The second-order valence-corrected chi connectivity index (χ2v) is 6.72. The normalized spacial score (nSPS) is 11.0. The summed E-state index contributed by atoms with van der Waals surface area (Å²) in [5.74, 6) is 0.0984. The van der Waals surface area contributed by atoms with Gasteiger partial charge in [0, 0.05) is 22.5 Å². The molecule has 0 saturated carbocycles. The summed E-state index contributed by atoms with van der Waals surface area (Å²) >= 11 is 5.49. The van der Waals surface area contributed by atoms with E-state index in [1.54, 1.807) is 12.1 Å². The quantitative estimate of drug-likeness (QED) is 0.504. The number of benzene rings is 2. The van der Waals surface area contributed by atoms with Crippen LogP contribution in [0.5, 0.6) is 5.75 Å². The molecule has 0 amide bonds. The minimum atomic E-state index is -4.08. The highest BCUT2D eigenvalue weighted by Gasteiger charge is 2.07. The van der Waals surface area contributed by atoms with Crippen LogP contribution in [0.3, 0.4) is 0 Å². The summed E-state index contributed by atoms with van der Waals surface area (Å²) in [6.45, 7) is 1.83. The van der Waals surface area contributed by atoms with Crippen LogP contribution in [0.1, 0.15) is 5.56 Å². The monoisotopic (exact) mass is 368 g/mol. The minimum absolute atomic E-state index is 0.0984. The van der Waals surface area contributed by atoms with Crippen molar-refractivity contribution >= 4 is 32.7 Å². The van der Waals surface area contributed by atoms with Gasteiger partial charge in [-0.15, -0.1) is 0 Å². The van der Waals surface area contributed by atoms with E-state index in [-0.39, 0.29) is 10.6 Å². The van der Waals surface area contributed by atoms with Crippen molar-refractivity contribution in [1.29, 1.82) is 0 Å². The Hall–Kier alpha value is -2.35. The predicted octanol–water partition coefficient (Wildman–Crippen LogP) is 3.39. The number of phenols is 1. The molecule has 0 bridgehead atoms. The van der Waals surface area contributed by atoms with Gasteiger partial charge >= 0.3 is 5.63 Å². The molecule has 0 saturated heterocycles. The average molecular weight is 369 g/mol. The Morgan fingerprint density at radius 3 is 2.25 bits per heavy atom. The van der Waals surface area contributed by atoms with E-state index in [2.05, 4.69) is 0 Å². The Bertz CT molecular complexity index is 1020. The summed E-state index contributed by atoms with van der Waals surface area (Å²) in [5.41, 5.74) is 0.881. The zero-order chi connectivity index (χ0) is 17.9. The van der Waals surface area contributed by atoms with E-state index < -0.39 is 15.7 Å². The first kappa shape index (κ1) is 18.0. The number of hydrogen-bond acceptors (Lipinski definition) is 5. The van der Waals surface area contributed by atoms with Crippen molar-refractivity contribution in [3.05, 3.63) is 69.5 Å². The number of hydrogen-bond donors (Lipinski definition) is 2. The van der Waals surface area contributed by atoms with Crippen molar-refractivity contribution in [1.82, 2.24) is 0 Å². The lowest BCUT2D eigenvalue weighted by molar-refractivity contribution is 0.473. The second kappa shape index (κ2) is 7.04. The fourth-order valence-electron chi connectivity index (χ4n) is 1.92. The third kappa shape index (κ3) is 4.58. The highest BCUT2D eigenvalue weighted by atomic mass is 35.5. The molecule has 0 spiro atoms.